The molecule has 204 valence electrons. The second-order valence-electron chi connectivity index (χ2n) is 9.95. The highest BCUT2D eigenvalue weighted by atomic mass is 16.5. The van der Waals surface area contributed by atoms with Gasteiger partial charge in [0, 0.05) is 16.9 Å². The van der Waals surface area contributed by atoms with Crippen LogP contribution in [0.15, 0.2) is 127 Å². The van der Waals surface area contributed by atoms with Crippen molar-refractivity contribution in [2.45, 2.75) is 26.9 Å². The fourth-order valence-corrected chi connectivity index (χ4v) is 4.81. The summed E-state index contributed by atoms with van der Waals surface area (Å²) < 4.78 is 8.28. The van der Waals surface area contributed by atoms with E-state index < -0.39 is 0 Å². The van der Waals surface area contributed by atoms with Gasteiger partial charge in [0.25, 0.3) is 5.91 Å². The van der Waals surface area contributed by atoms with E-state index in [1.54, 1.807) is 6.21 Å². The molecule has 0 aliphatic rings. The molecule has 0 aliphatic carbocycles. The summed E-state index contributed by atoms with van der Waals surface area (Å²) in [4.78, 5) is 12.8. The number of carbonyl (C=O) groups excluding carboxylic acids is 1. The molecule has 0 radical (unpaired) electrons. The van der Waals surface area contributed by atoms with Gasteiger partial charge in [0.2, 0.25) is 0 Å². The number of aromatic nitrogens is 1. The van der Waals surface area contributed by atoms with Crippen molar-refractivity contribution in [3.05, 3.63) is 155 Å². The van der Waals surface area contributed by atoms with E-state index in [0.717, 1.165) is 45.1 Å². The molecular formula is C36H33N3O2. The molecule has 5 heteroatoms. The lowest BCUT2D eigenvalue weighted by Gasteiger charge is -2.13. The summed E-state index contributed by atoms with van der Waals surface area (Å²) in [6, 6.07) is 36.2. The van der Waals surface area contributed by atoms with Crippen LogP contribution >= 0.6 is 0 Å². The molecule has 0 spiro atoms. The standard InChI is InChI=1S/C36H33N3O2/c1-4-9-32-23-28(15-21-35(32)41-25-29-11-8-10-26(2)22-29)24-37-38-36(40)31-16-18-33(19-17-31)39-27(3)14-20-34(39)30-12-6-5-7-13-30/h4-8,10-24H,1,9,25H2,2-3H3,(H,38,40)/b37-24+. The van der Waals surface area contributed by atoms with Crippen molar-refractivity contribution in [3.8, 4) is 22.7 Å². The summed E-state index contributed by atoms with van der Waals surface area (Å²) in [6.07, 6.45) is 4.15. The Morgan fingerprint density at radius 1 is 0.902 bits per heavy atom. The molecule has 1 heterocycles. The molecule has 0 saturated carbocycles. The molecule has 0 bridgehead atoms. The van der Waals surface area contributed by atoms with E-state index in [-0.39, 0.29) is 5.91 Å². The van der Waals surface area contributed by atoms with Gasteiger partial charge in [-0.2, -0.15) is 5.10 Å². The Hall–Kier alpha value is -5.16. The van der Waals surface area contributed by atoms with Crippen LogP contribution in [0.5, 0.6) is 5.75 Å². The highest BCUT2D eigenvalue weighted by Crippen LogP contribution is 2.26. The highest BCUT2D eigenvalue weighted by molar-refractivity contribution is 5.95. The fraction of sp³-hybridized carbons (Fsp3) is 0.111. The maximum absolute atomic E-state index is 12.8. The summed E-state index contributed by atoms with van der Waals surface area (Å²) >= 11 is 0. The van der Waals surface area contributed by atoms with Gasteiger partial charge in [-0.3, -0.25) is 4.79 Å². The number of rotatable bonds is 10. The number of carbonyl (C=O) groups is 1. The molecule has 0 atom stereocenters. The molecule has 1 N–H and O–H groups in total. The van der Waals surface area contributed by atoms with Gasteiger partial charge in [0.1, 0.15) is 12.4 Å². The van der Waals surface area contributed by atoms with Gasteiger partial charge in [-0.1, -0.05) is 66.2 Å². The second-order valence-corrected chi connectivity index (χ2v) is 9.95. The normalized spacial score (nSPS) is 11.0. The van der Waals surface area contributed by atoms with Crippen LogP contribution in [0, 0.1) is 13.8 Å². The molecule has 41 heavy (non-hydrogen) atoms. The Bertz CT molecular complexity index is 1680. The minimum Gasteiger partial charge on any atom is -0.489 e. The van der Waals surface area contributed by atoms with Gasteiger partial charge in [0.05, 0.1) is 11.9 Å². The summed E-state index contributed by atoms with van der Waals surface area (Å²) in [5.41, 5.74) is 11.7. The van der Waals surface area contributed by atoms with E-state index in [1.165, 1.54) is 5.56 Å². The van der Waals surface area contributed by atoms with Gasteiger partial charge in [-0.15, -0.1) is 6.58 Å². The third kappa shape index (κ3) is 6.71. The lowest BCUT2D eigenvalue weighted by molar-refractivity contribution is 0.0955. The van der Waals surface area contributed by atoms with Gasteiger partial charge in [-0.25, -0.2) is 5.43 Å². The largest absolute Gasteiger partial charge is 0.489 e. The smallest absolute Gasteiger partial charge is 0.271 e. The van der Waals surface area contributed by atoms with E-state index in [4.69, 9.17) is 4.74 Å². The van der Waals surface area contributed by atoms with Crippen molar-refractivity contribution in [1.29, 1.82) is 0 Å². The third-order valence-electron chi connectivity index (χ3n) is 6.84. The molecule has 4 aromatic carbocycles. The summed E-state index contributed by atoms with van der Waals surface area (Å²) in [6.45, 7) is 8.51. The molecular weight excluding hydrogens is 506 g/mol. The molecule has 0 saturated heterocycles. The average molecular weight is 540 g/mol. The zero-order valence-corrected chi connectivity index (χ0v) is 23.4. The number of amides is 1. The third-order valence-corrected chi connectivity index (χ3v) is 6.84. The number of ether oxygens (including phenoxy) is 1. The Labute approximate surface area is 241 Å². The van der Waals surface area contributed by atoms with E-state index in [9.17, 15) is 4.79 Å². The minimum atomic E-state index is -0.273. The van der Waals surface area contributed by atoms with Crippen LogP contribution < -0.4 is 10.2 Å². The molecule has 0 fully saturated rings. The maximum atomic E-state index is 12.8. The van der Waals surface area contributed by atoms with Crippen LogP contribution in [0.25, 0.3) is 16.9 Å². The second kappa shape index (κ2) is 12.8. The molecule has 1 amide bonds. The van der Waals surface area contributed by atoms with Crippen molar-refractivity contribution < 1.29 is 9.53 Å². The Kier molecular flexibility index (Phi) is 8.55. The molecule has 0 unspecified atom stereocenters. The lowest BCUT2D eigenvalue weighted by atomic mass is 10.1. The topological polar surface area (TPSA) is 55.6 Å². The summed E-state index contributed by atoms with van der Waals surface area (Å²) in [7, 11) is 0. The number of hydrazone groups is 1. The zero-order valence-electron chi connectivity index (χ0n) is 23.4. The zero-order chi connectivity index (χ0) is 28.6. The van der Waals surface area contributed by atoms with Crippen LogP contribution in [0.4, 0.5) is 0 Å². The van der Waals surface area contributed by atoms with Crippen molar-refractivity contribution in [1.82, 2.24) is 9.99 Å². The van der Waals surface area contributed by atoms with E-state index in [1.807, 2.05) is 72.8 Å². The Morgan fingerprint density at radius 2 is 1.71 bits per heavy atom. The molecule has 5 aromatic rings. The molecule has 1 aromatic heterocycles. The fourth-order valence-electron chi connectivity index (χ4n) is 4.81. The SMILES string of the molecule is C=CCc1cc(/C=N/NC(=O)c2ccc(-n3c(C)ccc3-c3ccccc3)cc2)ccc1OCc1cccc(C)c1. The van der Waals surface area contributed by atoms with Gasteiger partial charge in [0.15, 0.2) is 0 Å². The first kappa shape index (κ1) is 27.4. The van der Waals surface area contributed by atoms with E-state index in [0.29, 0.717) is 18.6 Å². The Morgan fingerprint density at radius 3 is 2.46 bits per heavy atom. The minimum absolute atomic E-state index is 0.273. The number of nitrogens with one attached hydrogen (secondary N) is 1. The quantitative estimate of drug-likeness (QED) is 0.112. The van der Waals surface area contributed by atoms with Crippen LogP contribution in [0.2, 0.25) is 0 Å². The van der Waals surface area contributed by atoms with Crippen LogP contribution in [0.3, 0.4) is 0 Å². The van der Waals surface area contributed by atoms with Crippen LogP contribution in [-0.4, -0.2) is 16.7 Å². The number of allylic oxidation sites excluding steroid dienone is 1. The van der Waals surface area contributed by atoms with Gasteiger partial charge in [-0.05, 0) is 97.1 Å². The first-order chi connectivity index (χ1) is 20.0. The lowest BCUT2D eigenvalue weighted by Crippen LogP contribution is -2.17. The van der Waals surface area contributed by atoms with Crippen molar-refractivity contribution in [2.75, 3.05) is 0 Å². The maximum Gasteiger partial charge on any atom is 0.271 e. The predicted molar refractivity (Wildman–Crippen MR) is 167 cm³/mol. The molecule has 5 nitrogen and oxygen atoms in total. The first-order valence-electron chi connectivity index (χ1n) is 13.6. The van der Waals surface area contributed by atoms with E-state index in [2.05, 4.69) is 78.0 Å². The van der Waals surface area contributed by atoms with Crippen molar-refractivity contribution in [2.24, 2.45) is 5.10 Å². The molecule has 0 aliphatic heterocycles. The summed E-state index contributed by atoms with van der Waals surface area (Å²) in [5, 5.41) is 4.20. The first-order valence-corrected chi connectivity index (χ1v) is 13.6. The number of hydrogen-bond acceptors (Lipinski definition) is 3. The Balaban J connectivity index is 1.24. The van der Waals surface area contributed by atoms with E-state index >= 15 is 0 Å². The average Bonchev–Trinajstić information content (AvgIpc) is 3.38. The highest BCUT2D eigenvalue weighted by Gasteiger charge is 2.11. The number of aryl methyl sites for hydroxylation is 2. The van der Waals surface area contributed by atoms with Crippen molar-refractivity contribution >= 4 is 12.1 Å². The predicted octanol–water partition coefficient (Wildman–Crippen LogP) is 7.83. The van der Waals surface area contributed by atoms with Crippen LogP contribution in [0.1, 0.15) is 38.3 Å². The van der Waals surface area contributed by atoms with Crippen molar-refractivity contribution in [3.63, 3.8) is 0 Å². The molecule has 5 rings (SSSR count). The van der Waals surface area contributed by atoms with Gasteiger partial charge >= 0.3 is 0 Å². The van der Waals surface area contributed by atoms with Crippen LogP contribution in [-0.2, 0) is 13.0 Å². The van der Waals surface area contributed by atoms with Gasteiger partial charge < -0.3 is 9.30 Å². The summed E-state index contributed by atoms with van der Waals surface area (Å²) in [5.74, 6) is 0.533. The number of hydrogen-bond donors (Lipinski definition) is 1. The number of benzene rings is 4. The monoisotopic (exact) mass is 539 g/mol. The number of nitrogens with zero attached hydrogens (tertiary/aromatic N) is 2.